The topological polar surface area (TPSA) is 60.9 Å². The molecule has 1 fully saturated rings. The SMILES string of the molecule is CCC1CCC(O)(CNCc2ccn[nH]2)CC1. The molecule has 1 aromatic heterocycles. The highest BCUT2D eigenvalue weighted by molar-refractivity contribution is 4.97. The largest absolute Gasteiger partial charge is 0.389 e. The van der Waals surface area contributed by atoms with E-state index in [4.69, 9.17) is 0 Å². The normalized spacial score (nSPS) is 29.4. The highest BCUT2D eigenvalue weighted by atomic mass is 16.3. The van der Waals surface area contributed by atoms with Gasteiger partial charge in [0.25, 0.3) is 0 Å². The van der Waals surface area contributed by atoms with Crippen molar-refractivity contribution in [2.45, 2.75) is 51.2 Å². The van der Waals surface area contributed by atoms with Crippen molar-refractivity contribution >= 4 is 0 Å². The van der Waals surface area contributed by atoms with Crippen molar-refractivity contribution in [3.63, 3.8) is 0 Å². The fourth-order valence-electron chi connectivity index (χ4n) is 2.61. The molecule has 96 valence electrons. The number of nitrogens with one attached hydrogen (secondary N) is 2. The molecule has 0 bridgehead atoms. The van der Waals surface area contributed by atoms with Gasteiger partial charge < -0.3 is 10.4 Å². The fraction of sp³-hybridized carbons (Fsp3) is 0.769. The Balaban J connectivity index is 1.71. The van der Waals surface area contributed by atoms with Gasteiger partial charge >= 0.3 is 0 Å². The number of hydrogen-bond donors (Lipinski definition) is 3. The lowest BCUT2D eigenvalue weighted by Crippen LogP contribution is -2.43. The molecule has 0 amide bonds. The molecule has 0 unspecified atom stereocenters. The van der Waals surface area contributed by atoms with Crippen molar-refractivity contribution in [3.05, 3.63) is 18.0 Å². The summed E-state index contributed by atoms with van der Waals surface area (Å²) >= 11 is 0. The van der Waals surface area contributed by atoms with E-state index in [0.717, 1.165) is 31.0 Å². The number of nitrogens with zero attached hydrogens (tertiary/aromatic N) is 1. The minimum absolute atomic E-state index is 0.494. The molecule has 0 radical (unpaired) electrons. The van der Waals surface area contributed by atoms with Crippen LogP contribution >= 0.6 is 0 Å². The molecule has 0 atom stereocenters. The van der Waals surface area contributed by atoms with Crippen molar-refractivity contribution in [2.24, 2.45) is 5.92 Å². The summed E-state index contributed by atoms with van der Waals surface area (Å²) in [5, 5.41) is 20.5. The van der Waals surface area contributed by atoms with Crippen LogP contribution in [0.25, 0.3) is 0 Å². The number of hydrogen-bond acceptors (Lipinski definition) is 3. The third-order valence-corrected chi connectivity index (χ3v) is 3.94. The molecule has 1 aliphatic rings. The lowest BCUT2D eigenvalue weighted by molar-refractivity contribution is -0.00886. The Hall–Kier alpha value is -0.870. The Morgan fingerprint density at radius 2 is 2.29 bits per heavy atom. The summed E-state index contributed by atoms with van der Waals surface area (Å²) < 4.78 is 0. The molecular formula is C13H23N3O. The van der Waals surface area contributed by atoms with Gasteiger partial charge in [-0.3, -0.25) is 5.10 Å². The molecule has 4 heteroatoms. The second kappa shape index (κ2) is 5.65. The molecule has 2 rings (SSSR count). The molecule has 1 aliphatic carbocycles. The summed E-state index contributed by atoms with van der Waals surface area (Å²) in [4.78, 5) is 0. The van der Waals surface area contributed by atoms with Gasteiger partial charge in [0.05, 0.1) is 5.60 Å². The maximum atomic E-state index is 10.4. The van der Waals surface area contributed by atoms with E-state index >= 15 is 0 Å². The van der Waals surface area contributed by atoms with Crippen molar-refractivity contribution in [1.82, 2.24) is 15.5 Å². The quantitative estimate of drug-likeness (QED) is 0.732. The van der Waals surface area contributed by atoms with Crippen LogP contribution in [0, 0.1) is 5.92 Å². The average molecular weight is 237 g/mol. The lowest BCUT2D eigenvalue weighted by atomic mass is 9.78. The molecule has 0 saturated heterocycles. The summed E-state index contributed by atoms with van der Waals surface area (Å²) in [7, 11) is 0. The van der Waals surface area contributed by atoms with E-state index in [0.29, 0.717) is 6.54 Å². The van der Waals surface area contributed by atoms with Crippen LogP contribution in [0.3, 0.4) is 0 Å². The Bertz CT molecular complexity index is 315. The van der Waals surface area contributed by atoms with Gasteiger partial charge in [-0.2, -0.15) is 5.10 Å². The Kier molecular flexibility index (Phi) is 4.18. The highest BCUT2D eigenvalue weighted by Crippen LogP contribution is 2.33. The second-order valence-corrected chi connectivity index (χ2v) is 5.26. The Morgan fingerprint density at radius 1 is 1.53 bits per heavy atom. The van der Waals surface area contributed by atoms with E-state index < -0.39 is 5.60 Å². The molecule has 1 aromatic rings. The number of aromatic nitrogens is 2. The van der Waals surface area contributed by atoms with Crippen LogP contribution in [0.1, 0.15) is 44.7 Å². The van der Waals surface area contributed by atoms with Crippen LogP contribution in [-0.2, 0) is 6.54 Å². The van der Waals surface area contributed by atoms with Crippen LogP contribution in [0.4, 0.5) is 0 Å². The van der Waals surface area contributed by atoms with Crippen LogP contribution in [0.2, 0.25) is 0 Å². The first-order valence-electron chi connectivity index (χ1n) is 6.63. The number of H-pyrrole nitrogens is 1. The van der Waals surface area contributed by atoms with Crippen LogP contribution in [0.5, 0.6) is 0 Å². The van der Waals surface area contributed by atoms with Crippen LogP contribution in [-0.4, -0.2) is 27.4 Å². The summed E-state index contributed by atoms with van der Waals surface area (Å²) in [5.41, 5.74) is 0.571. The third kappa shape index (κ3) is 3.54. The van der Waals surface area contributed by atoms with Crippen molar-refractivity contribution in [1.29, 1.82) is 0 Å². The number of aliphatic hydroxyl groups is 1. The van der Waals surface area contributed by atoms with Gasteiger partial charge in [0.2, 0.25) is 0 Å². The van der Waals surface area contributed by atoms with E-state index in [2.05, 4.69) is 22.4 Å². The molecule has 4 nitrogen and oxygen atoms in total. The van der Waals surface area contributed by atoms with Gasteiger partial charge in [-0.05, 0) is 37.7 Å². The molecule has 0 aliphatic heterocycles. The molecule has 0 aromatic carbocycles. The third-order valence-electron chi connectivity index (χ3n) is 3.94. The van der Waals surface area contributed by atoms with E-state index in [-0.39, 0.29) is 0 Å². The summed E-state index contributed by atoms with van der Waals surface area (Å²) in [6, 6.07) is 1.95. The minimum Gasteiger partial charge on any atom is -0.389 e. The van der Waals surface area contributed by atoms with E-state index in [1.165, 1.54) is 19.3 Å². The van der Waals surface area contributed by atoms with E-state index in [9.17, 15) is 5.11 Å². The minimum atomic E-state index is -0.494. The molecule has 17 heavy (non-hydrogen) atoms. The molecule has 1 heterocycles. The van der Waals surface area contributed by atoms with Gasteiger partial charge in [-0.15, -0.1) is 0 Å². The molecule has 1 saturated carbocycles. The predicted molar refractivity (Wildman–Crippen MR) is 67.5 cm³/mol. The Labute approximate surface area is 103 Å². The maximum Gasteiger partial charge on any atom is 0.0771 e. The van der Waals surface area contributed by atoms with Crippen molar-refractivity contribution < 1.29 is 5.11 Å². The molecular weight excluding hydrogens is 214 g/mol. The summed E-state index contributed by atoms with van der Waals surface area (Å²) in [6.45, 7) is 3.67. The van der Waals surface area contributed by atoms with Crippen molar-refractivity contribution in [3.8, 4) is 0 Å². The number of rotatable bonds is 5. The average Bonchev–Trinajstić information content (AvgIpc) is 2.83. The summed E-state index contributed by atoms with van der Waals surface area (Å²) in [6.07, 6.45) is 7.19. The van der Waals surface area contributed by atoms with Gasteiger partial charge in [0.15, 0.2) is 0 Å². The zero-order valence-corrected chi connectivity index (χ0v) is 10.6. The first-order chi connectivity index (χ1) is 8.22. The predicted octanol–water partition coefficient (Wildman–Crippen LogP) is 1.83. The zero-order valence-electron chi connectivity index (χ0n) is 10.6. The smallest absolute Gasteiger partial charge is 0.0771 e. The fourth-order valence-corrected chi connectivity index (χ4v) is 2.61. The zero-order chi connectivity index (χ0) is 12.1. The lowest BCUT2D eigenvalue weighted by Gasteiger charge is -2.36. The highest BCUT2D eigenvalue weighted by Gasteiger charge is 2.31. The maximum absolute atomic E-state index is 10.4. The monoisotopic (exact) mass is 237 g/mol. The second-order valence-electron chi connectivity index (χ2n) is 5.26. The molecule has 3 N–H and O–H groups in total. The summed E-state index contributed by atoms with van der Waals surface area (Å²) in [5.74, 6) is 0.822. The Morgan fingerprint density at radius 3 is 2.88 bits per heavy atom. The van der Waals surface area contributed by atoms with Gasteiger partial charge in [0, 0.05) is 25.0 Å². The number of aromatic amines is 1. The first-order valence-corrected chi connectivity index (χ1v) is 6.63. The van der Waals surface area contributed by atoms with E-state index in [1.807, 2.05) is 6.07 Å². The van der Waals surface area contributed by atoms with E-state index in [1.54, 1.807) is 6.20 Å². The standard InChI is InChI=1S/C13H23N3O/c1-2-11-3-6-13(17,7-4-11)10-14-9-12-5-8-15-16-12/h5,8,11,14,17H,2-4,6-7,9-10H2,1H3,(H,15,16). The van der Waals surface area contributed by atoms with Gasteiger partial charge in [-0.1, -0.05) is 13.3 Å². The van der Waals surface area contributed by atoms with Crippen LogP contribution in [0.15, 0.2) is 12.3 Å². The van der Waals surface area contributed by atoms with Gasteiger partial charge in [0.1, 0.15) is 0 Å². The molecule has 0 spiro atoms. The van der Waals surface area contributed by atoms with Crippen molar-refractivity contribution in [2.75, 3.05) is 6.54 Å². The van der Waals surface area contributed by atoms with Crippen LogP contribution < -0.4 is 5.32 Å². The van der Waals surface area contributed by atoms with Gasteiger partial charge in [-0.25, -0.2) is 0 Å². The first kappa shape index (κ1) is 12.6.